The van der Waals surface area contributed by atoms with E-state index >= 15 is 0 Å². The molecule has 0 saturated heterocycles. The molecule has 4 heteroatoms. The molecule has 0 aliphatic heterocycles. The molecule has 0 aliphatic rings. The van der Waals surface area contributed by atoms with Crippen molar-refractivity contribution >= 4 is 32.8 Å². The Kier molecular flexibility index (Phi) is 6.43. The maximum atomic E-state index is 5.23. The van der Waals surface area contributed by atoms with Gasteiger partial charge in [-0.1, -0.05) is 115 Å². The predicted molar refractivity (Wildman–Crippen MR) is 193 cm³/mol. The fourth-order valence-corrected chi connectivity index (χ4v) is 6.59. The number of rotatable bonds is 5. The Labute approximate surface area is 272 Å². The minimum atomic E-state index is 0.868. The summed E-state index contributed by atoms with van der Waals surface area (Å²) in [6.45, 7) is 0. The van der Waals surface area contributed by atoms with Crippen molar-refractivity contribution in [2.24, 2.45) is 0 Å². The van der Waals surface area contributed by atoms with Gasteiger partial charge in [0.25, 0.3) is 0 Å². The lowest BCUT2D eigenvalue weighted by atomic mass is 10.0. The maximum Gasteiger partial charge on any atom is 0.0973 e. The second-order valence-corrected chi connectivity index (χ2v) is 11.7. The Morgan fingerprint density at radius 2 is 0.979 bits per heavy atom. The molecule has 0 atom stereocenters. The number of hydrogen-bond acceptors (Lipinski definition) is 3. The van der Waals surface area contributed by atoms with Crippen LogP contribution >= 0.6 is 0 Å². The Bertz CT molecular complexity index is 2540. The molecule has 220 valence electrons. The molecule has 0 amide bonds. The number of nitrogens with zero attached hydrogens (tertiary/aromatic N) is 4. The molecular weight excluding hydrogens is 573 g/mol. The molecule has 0 aliphatic carbocycles. The monoisotopic (exact) mass is 600 g/mol. The molecule has 0 bridgehead atoms. The highest BCUT2D eigenvalue weighted by Gasteiger charge is 2.16. The van der Waals surface area contributed by atoms with E-state index in [0.717, 1.165) is 67.0 Å². The summed E-state index contributed by atoms with van der Waals surface area (Å²) in [6, 6.07) is 55.3. The largest absolute Gasteiger partial charge is 0.309 e. The van der Waals surface area contributed by atoms with E-state index < -0.39 is 0 Å². The molecule has 47 heavy (non-hydrogen) atoms. The van der Waals surface area contributed by atoms with Crippen molar-refractivity contribution in [3.63, 3.8) is 0 Å². The van der Waals surface area contributed by atoms with Crippen LogP contribution < -0.4 is 0 Å². The number of para-hydroxylation sites is 1. The van der Waals surface area contributed by atoms with Crippen molar-refractivity contribution in [3.8, 4) is 50.5 Å². The molecule has 9 aromatic rings. The third kappa shape index (κ3) is 4.75. The van der Waals surface area contributed by atoms with Gasteiger partial charge >= 0.3 is 0 Å². The van der Waals surface area contributed by atoms with Crippen LogP contribution in [0.2, 0.25) is 0 Å². The first-order valence-electron chi connectivity index (χ1n) is 15.8. The molecule has 6 aromatic carbocycles. The van der Waals surface area contributed by atoms with Gasteiger partial charge in [0.05, 0.1) is 33.5 Å². The van der Waals surface area contributed by atoms with Crippen LogP contribution in [0.4, 0.5) is 0 Å². The highest BCUT2D eigenvalue weighted by molar-refractivity contribution is 6.10. The van der Waals surface area contributed by atoms with E-state index in [1.54, 1.807) is 6.20 Å². The third-order valence-electron chi connectivity index (χ3n) is 8.89. The van der Waals surface area contributed by atoms with Gasteiger partial charge in [0.1, 0.15) is 0 Å². The molecular formula is C43H28N4. The molecule has 0 fully saturated rings. The van der Waals surface area contributed by atoms with E-state index in [-0.39, 0.29) is 0 Å². The quantitative estimate of drug-likeness (QED) is 0.197. The van der Waals surface area contributed by atoms with Gasteiger partial charge in [-0.15, -0.1) is 0 Å². The van der Waals surface area contributed by atoms with Crippen LogP contribution in [-0.4, -0.2) is 19.5 Å². The first-order valence-corrected chi connectivity index (χ1v) is 15.8. The average Bonchev–Trinajstić information content (AvgIpc) is 3.49. The molecule has 3 heterocycles. The predicted octanol–water partition coefficient (Wildman–Crippen LogP) is 10.8. The van der Waals surface area contributed by atoms with Gasteiger partial charge in [0.2, 0.25) is 0 Å². The van der Waals surface area contributed by atoms with Gasteiger partial charge in [-0.3, -0.25) is 4.98 Å². The second kappa shape index (κ2) is 11.2. The van der Waals surface area contributed by atoms with Gasteiger partial charge in [-0.05, 0) is 64.7 Å². The third-order valence-corrected chi connectivity index (χ3v) is 8.89. The molecule has 0 N–H and O–H groups in total. The number of hydrogen-bond donors (Lipinski definition) is 0. The molecule has 0 radical (unpaired) electrons. The fraction of sp³-hybridized carbons (Fsp3) is 0. The first kappa shape index (κ1) is 27.0. The van der Waals surface area contributed by atoms with Crippen molar-refractivity contribution in [2.75, 3.05) is 0 Å². The normalized spacial score (nSPS) is 11.4. The Morgan fingerprint density at radius 1 is 0.383 bits per heavy atom. The van der Waals surface area contributed by atoms with E-state index in [4.69, 9.17) is 9.97 Å². The standard InChI is InChI=1S/C43H28N4/c1-3-10-30(11-4-1)42-43(31-12-5-2-6-13-31)46-39-26-32(20-24-38(39)45-42)33-19-23-37-36-15-7-8-16-40(36)47(41(37)27-33)35-21-17-29(18-22-35)34-14-9-25-44-28-34/h1-28H. The van der Waals surface area contributed by atoms with E-state index in [1.165, 1.54) is 16.3 Å². The van der Waals surface area contributed by atoms with Crippen molar-refractivity contribution in [1.82, 2.24) is 19.5 Å². The van der Waals surface area contributed by atoms with E-state index in [2.05, 4.69) is 125 Å². The van der Waals surface area contributed by atoms with Crippen LogP contribution in [0.3, 0.4) is 0 Å². The highest BCUT2D eigenvalue weighted by Crippen LogP contribution is 2.37. The Hall–Kier alpha value is -6.39. The maximum absolute atomic E-state index is 5.23. The van der Waals surface area contributed by atoms with E-state index in [1.807, 2.05) is 48.7 Å². The molecule has 0 unspecified atom stereocenters. The molecule has 4 nitrogen and oxygen atoms in total. The summed E-state index contributed by atoms with van der Waals surface area (Å²) >= 11 is 0. The number of fused-ring (bicyclic) bond motifs is 4. The SMILES string of the molecule is c1ccc(-c2nc3ccc(-c4ccc5c6ccccc6n(-c6ccc(-c7cccnc7)cc6)c5c4)cc3nc2-c2ccccc2)cc1. The highest BCUT2D eigenvalue weighted by atomic mass is 15.0. The van der Waals surface area contributed by atoms with Crippen molar-refractivity contribution < 1.29 is 0 Å². The van der Waals surface area contributed by atoms with Gasteiger partial charge < -0.3 is 4.57 Å². The number of aromatic nitrogens is 4. The summed E-state index contributed by atoms with van der Waals surface area (Å²) in [5.41, 5.74) is 13.5. The summed E-state index contributed by atoms with van der Waals surface area (Å²) in [7, 11) is 0. The van der Waals surface area contributed by atoms with Crippen molar-refractivity contribution in [1.29, 1.82) is 0 Å². The second-order valence-electron chi connectivity index (χ2n) is 11.7. The lowest BCUT2D eigenvalue weighted by Gasteiger charge is -2.12. The van der Waals surface area contributed by atoms with Crippen LogP contribution in [0.5, 0.6) is 0 Å². The van der Waals surface area contributed by atoms with Gasteiger partial charge in [-0.2, -0.15) is 0 Å². The number of pyridine rings is 1. The number of benzene rings is 6. The van der Waals surface area contributed by atoms with Crippen LogP contribution in [-0.2, 0) is 0 Å². The molecule has 0 spiro atoms. The minimum Gasteiger partial charge on any atom is -0.309 e. The van der Waals surface area contributed by atoms with Crippen LogP contribution in [0.25, 0.3) is 83.3 Å². The van der Waals surface area contributed by atoms with Gasteiger partial charge in [0.15, 0.2) is 0 Å². The summed E-state index contributed by atoms with van der Waals surface area (Å²) in [5, 5.41) is 2.45. The van der Waals surface area contributed by atoms with Gasteiger partial charge in [0, 0.05) is 40.0 Å². The lowest BCUT2D eigenvalue weighted by molar-refractivity contribution is 1.18. The smallest absolute Gasteiger partial charge is 0.0973 e. The van der Waals surface area contributed by atoms with Crippen molar-refractivity contribution in [3.05, 3.63) is 170 Å². The minimum absolute atomic E-state index is 0.868. The van der Waals surface area contributed by atoms with E-state index in [9.17, 15) is 0 Å². The fourth-order valence-electron chi connectivity index (χ4n) is 6.59. The zero-order valence-electron chi connectivity index (χ0n) is 25.5. The Balaban J connectivity index is 1.19. The summed E-state index contributed by atoms with van der Waals surface area (Å²) in [5.74, 6) is 0. The first-order chi connectivity index (χ1) is 23.3. The molecule has 9 rings (SSSR count). The summed E-state index contributed by atoms with van der Waals surface area (Å²) in [6.07, 6.45) is 3.71. The van der Waals surface area contributed by atoms with Crippen molar-refractivity contribution in [2.45, 2.75) is 0 Å². The lowest BCUT2D eigenvalue weighted by Crippen LogP contribution is -1.96. The topological polar surface area (TPSA) is 43.6 Å². The zero-order chi connectivity index (χ0) is 31.2. The average molecular weight is 601 g/mol. The molecule has 3 aromatic heterocycles. The Morgan fingerprint density at radius 3 is 1.70 bits per heavy atom. The van der Waals surface area contributed by atoms with Crippen LogP contribution in [0, 0.1) is 0 Å². The summed E-state index contributed by atoms with van der Waals surface area (Å²) in [4.78, 5) is 14.7. The van der Waals surface area contributed by atoms with E-state index in [0.29, 0.717) is 0 Å². The summed E-state index contributed by atoms with van der Waals surface area (Å²) < 4.78 is 2.36. The zero-order valence-corrected chi connectivity index (χ0v) is 25.5. The molecule has 0 saturated carbocycles. The van der Waals surface area contributed by atoms with Gasteiger partial charge in [-0.25, -0.2) is 9.97 Å². The van der Waals surface area contributed by atoms with Crippen LogP contribution in [0.15, 0.2) is 170 Å². The van der Waals surface area contributed by atoms with Crippen LogP contribution in [0.1, 0.15) is 0 Å².